The summed E-state index contributed by atoms with van der Waals surface area (Å²) in [6.07, 6.45) is 1.47. The Labute approximate surface area is 161 Å². The summed E-state index contributed by atoms with van der Waals surface area (Å²) in [7, 11) is 0. The smallest absolute Gasteiger partial charge is 0.251 e. The summed E-state index contributed by atoms with van der Waals surface area (Å²) in [5, 5.41) is 4.93. The van der Waals surface area contributed by atoms with E-state index in [0.717, 1.165) is 17.8 Å². The second-order valence-electron chi connectivity index (χ2n) is 7.24. The largest absolute Gasteiger partial charge is 0.354 e. The molecule has 27 heavy (non-hydrogen) atoms. The van der Waals surface area contributed by atoms with Crippen molar-refractivity contribution in [3.05, 3.63) is 50.8 Å². The first-order chi connectivity index (χ1) is 13.0. The normalized spacial score (nSPS) is 23.6. The van der Waals surface area contributed by atoms with Gasteiger partial charge in [-0.25, -0.2) is 4.98 Å². The van der Waals surface area contributed by atoms with Gasteiger partial charge >= 0.3 is 0 Å². The Balaban J connectivity index is 1.60. The molecule has 4 heterocycles. The lowest BCUT2D eigenvalue weighted by Gasteiger charge is -2.46. The zero-order valence-corrected chi connectivity index (χ0v) is 15.9. The zero-order chi connectivity index (χ0) is 19.0. The van der Waals surface area contributed by atoms with E-state index < -0.39 is 6.04 Å². The van der Waals surface area contributed by atoms with E-state index in [9.17, 15) is 14.4 Å². The van der Waals surface area contributed by atoms with Gasteiger partial charge in [0.2, 0.25) is 11.8 Å². The van der Waals surface area contributed by atoms with Gasteiger partial charge in [-0.1, -0.05) is 6.07 Å². The van der Waals surface area contributed by atoms with Crippen LogP contribution < -0.4 is 10.9 Å². The minimum absolute atomic E-state index is 0.0131. The first kappa shape index (κ1) is 17.9. The highest BCUT2D eigenvalue weighted by Gasteiger charge is 2.44. The highest BCUT2D eigenvalue weighted by molar-refractivity contribution is 7.07. The summed E-state index contributed by atoms with van der Waals surface area (Å²) in [6, 6.07) is 4.56. The third kappa shape index (κ3) is 3.41. The van der Waals surface area contributed by atoms with Gasteiger partial charge in [0, 0.05) is 62.0 Å². The summed E-state index contributed by atoms with van der Waals surface area (Å²) in [4.78, 5) is 43.6. The number of pyridine rings is 1. The van der Waals surface area contributed by atoms with Gasteiger partial charge in [0.05, 0.1) is 11.2 Å². The molecule has 0 aromatic carbocycles. The monoisotopic (exact) mass is 386 g/mol. The van der Waals surface area contributed by atoms with Crippen molar-refractivity contribution >= 4 is 23.2 Å². The molecule has 0 unspecified atom stereocenters. The molecule has 2 amide bonds. The van der Waals surface area contributed by atoms with Crippen LogP contribution >= 0.6 is 11.3 Å². The Morgan fingerprint density at radius 1 is 1.33 bits per heavy atom. The maximum atomic E-state index is 13.0. The van der Waals surface area contributed by atoms with Crippen molar-refractivity contribution in [3.63, 3.8) is 0 Å². The minimum Gasteiger partial charge on any atom is -0.354 e. The molecular weight excluding hydrogens is 364 g/mol. The number of piperidine rings is 1. The van der Waals surface area contributed by atoms with E-state index in [4.69, 9.17) is 0 Å². The van der Waals surface area contributed by atoms with Crippen molar-refractivity contribution in [2.75, 3.05) is 19.6 Å². The topological polar surface area (TPSA) is 84.3 Å². The molecular formula is C19H22N4O3S. The Kier molecular flexibility index (Phi) is 4.82. The molecule has 1 fully saturated rings. The predicted octanol–water partition coefficient (Wildman–Crippen LogP) is 1.17. The van der Waals surface area contributed by atoms with Crippen LogP contribution in [0.4, 0.5) is 0 Å². The first-order valence-electron chi connectivity index (χ1n) is 9.16. The van der Waals surface area contributed by atoms with Crippen LogP contribution in [0.5, 0.6) is 0 Å². The standard InChI is InChI=1S/C19H22N4O3S/c1-12(24)22-8-13-7-14(9-22)18(23-16(13)3-2-4-17(23)25)19(26)20-6-5-15-10-27-11-21-15/h2-4,10-11,13-14,18H,5-9H2,1H3,(H,20,26)/t13-,14+,18-/m1/s1. The number of nitrogens with one attached hydrogen (secondary N) is 1. The van der Waals surface area contributed by atoms with Gasteiger partial charge in [0.15, 0.2) is 0 Å². The minimum atomic E-state index is -0.581. The number of hydrogen-bond donors (Lipinski definition) is 1. The molecule has 8 heteroatoms. The van der Waals surface area contributed by atoms with Crippen LogP contribution in [0.2, 0.25) is 0 Å². The molecule has 2 aliphatic heterocycles. The van der Waals surface area contributed by atoms with Crippen LogP contribution in [0.15, 0.2) is 33.9 Å². The van der Waals surface area contributed by atoms with E-state index in [-0.39, 0.29) is 29.2 Å². The number of aromatic nitrogens is 2. The number of hydrogen-bond acceptors (Lipinski definition) is 5. The van der Waals surface area contributed by atoms with E-state index in [0.29, 0.717) is 26.1 Å². The van der Waals surface area contributed by atoms with Crippen LogP contribution in [-0.4, -0.2) is 45.9 Å². The molecule has 0 spiro atoms. The number of likely N-dealkylation sites (tertiary alicyclic amines) is 1. The van der Waals surface area contributed by atoms with Gasteiger partial charge in [-0.3, -0.25) is 19.0 Å². The zero-order valence-electron chi connectivity index (χ0n) is 15.1. The summed E-state index contributed by atoms with van der Waals surface area (Å²) in [5.41, 5.74) is 3.41. The molecule has 2 aromatic heterocycles. The third-order valence-electron chi connectivity index (χ3n) is 5.53. The van der Waals surface area contributed by atoms with Crippen LogP contribution in [0, 0.1) is 5.92 Å². The SMILES string of the molecule is CC(=O)N1C[C@H]2C[C@@H](C1)[C@H](C(=O)NCCc1cscn1)n1c2cccc1=O. The number of rotatable bonds is 4. The Morgan fingerprint density at radius 2 is 2.19 bits per heavy atom. The molecule has 0 saturated carbocycles. The molecule has 7 nitrogen and oxygen atoms in total. The lowest BCUT2D eigenvalue weighted by Crippen LogP contribution is -2.54. The fraction of sp³-hybridized carbons (Fsp3) is 0.474. The van der Waals surface area contributed by atoms with Gasteiger partial charge < -0.3 is 10.2 Å². The number of amides is 2. The number of carbonyl (C=O) groups excluding carboxylic acids is 2. The summed E-state index contributed by atoms with van der Waals surface area (Å²) >= 11 is 1.53. The Hall–Kier alpha value is -2.48. The van der Waals surface area contributed by atoms with E-state index in [1.165, 1.54) is 17.4 Å². The molecule has 2 aromatic rings. The molecule has 142 valence electrons. The number of fused-ring (bicyclic) bond motifs is 4. The van der Waals surface area contributed by atoms with Gasteiger partial charge in [-0.05, 0) is 12.5 Å². The van der Waals surface area contributed by atoms with E-state index in [1.54, 1.807) is 28.0 Å². The lowest BCUT2D eigenvalue weighted by molar-refractivity contribution is -0.135. The maximum Gasteiger partial charge on any atom is 0.251 e. The fourth-order valence-electron chi connectivity index (χ4n) is 4.31. The summed E-state index contributed by atoms with van der Waals surface area (Å²) in [5.74, 6) is -0.104. The highest BCUT2D eigenvalue weighted by Crippen LogP contribution is 2.41. The summed E-state index contributed by atoms with van der Waals surface area (Å²) in [6.45, 7) is 3.15. The van der Waals surface area contributed by atoms with Crippen LogP contribution in [0.3, 0.4) is 0 Å². The van der Waals surface area contributed by atoms with Crippen molar-refractivity contribution in [1.29, 1.82) is 0 Å². The van der Waals surface area contributed by atoms with E-state index >= 15 is 0 Å². The second-order valence-corrected chi connectivity index (χ2v) is 7.96. The van der Waals surface area contributed by atoms with Crippen molar-refractivity contribution in [2.24, 2.45) is 5.92 Å². The van der Waals surface area contributed by atoms with Crippen molar-refractivity contribution in [2.45, 2.75) is 31.7 Å². The fourth-order valence-corrected chi connectivity index (χ4v) is 4.90. The first-order valence-corrected chi connectivity index (χ1v) is 10.1. The maximum absolute atomic E-state index is 13.0. The Morgan fingerprint density at radius 3 is 2.93 bits per heavy atom. The molecule has 4 rings (SSSR count). The molecule has 0 aliphatic carbocycles. The third-order valence-corrected chi connectivity index (χ3v) is 6.16. The number of carbonyl (C=O) groups is 2. The highest BCUT2D eigenvalue weighted by atomic mass is 32.1. The van der Waals surface area contributed by atoms with Crippen LogP contribution in [0.25, 0.3) is 0 Å². The van der Waals surface area contributed by atoms with Gasteiger partial charge in [0.1, 0.15) is 6.04 Å². The van der Waals surface area contributed by atoms with Crippen LogP contribution in [0.1, 0.15) is 36.7 Å². The molecule has 2 aliphatic rings. The van der Waals surface area contributed by atoms with Gasteiger partial charge in [0.25, 0.3) is 5.56 Å². The molecule has 2 bridgehead atoms. The van der Waals surface area contributed by atoms with E-state index in [2.05, 4.69) is 10.3 Å². The molecule has 3 atom stereocenters. The number of nitrogens with zero attached hydrogens (tertiary/aromatic N) is 3. The average molecular weight is 386 g/mol. The van der Waals surface area contributed by atoms with Crippen molar-refractivity contribution < 1.29 is 9.59 Å². The summed E-state index contributed by atoms with van der Waals surface area (Å²) < 4.78 is 1.65. The Bertz CT molecular complexity index is 908. The predicted molar refractivity (Wildman–Crippen MR) is 102 cm³/mol. The molecule has 1 N–H and O–H groups in total. The van der Waals surface area contributed by atoms with Crippen molar-refractivity contribution in [1.82, 2.24) is 19.8 Å². The lowest BCUT2D eigenvalue weighted by atomic mass is 9.78. The average Bonchev–Trinajstić information content (AvgIpc) is 3.16. The van der Waals surface area contributed by atoms with Crippen LogP contribution in [-0.2, 0) is 16.0 Å². The number of thiazole rings is 1. The molecule has 1 saturated heterocycles. The van der Waals surface area contributed by atoms with Crippen molar-refractivity contribution in [3.8, 4) is 0 Å². The van der Waals surface area contributed by atoms with Gasteiger partial charge in [-0.2, -0.15) is 0 Å². The van der Waals surface area contributed by atoms with Gasteiger partial charge in [-0.15, -0.1) is 11.3 Å². The quantitative estimate of drug-likeness (QED) is 0.855. The second kappa shape index (κ2) is 7.26. The molecule has 0 radical (unpaired) electrons. The van der Waals surface area contributed by atoms with E-state index in [1.807, 2.05) is 11.4 Å².